The average Bonchev–Trinajstić information content (AvgIpc) is 3.05. The van der Waals surface area contributed by atoms with E-state index >= 15 is 0 Å². The van der Waals surface area contributed by atoms with Crippen molar-refractivity contribution in [3.05, 3.63) is 22.4 Å². The molecule has 1 saturated heterocycles. The number of carbonyl (C=O) groups is 2. The highest BCUT2D eigenvalue weighted by Crippen LogP contribution is 2.22. The molecule has 0 aliphatic carbocycles. The monoisotopic (exact) mass is 309 g/mol. The van der Waals surface area contributed by atoms with Crippen molar-refractivity contribution in [1.82, 2.24) is 4.90 Å². The van der Waals surface area contributed by atoms with Gasteiger partial charge in [0.1, 0.15) is 11.6 Å². The minimum absolute atomic E-state index is 0.0526. The van der Waals surface area contributed by atoms with Gasteiger partial charge < -0.3 is 9.64 Å². The molecule has 1 aliphatic rings. The molecule has 1 fully saturated rings. The molecular formula is C16H23NO3S. The fourth-order valence-electron chi connectivity index (χ4n) is 2.51. The van der Waals surface area contributed by atoms with Gasteiger partial charge in [-0.25, -0.2) is 4.79 Å². The van der Waals surface area contributed by atoms with Gasteiger partial charge in [0.15, 0.2) is 0 Å². The summed E-state index contributed by atoms with van der Waals surface area (Å²) >= 11 is 1.66. The number of hydrogen-bond donors (Lipinski definition) is 0. The van der Waals surface area contributed by atoms with Crippen LogP contribution in [0.5, 0.6) is 0 Å². The van der Waals surface area contributed by atoms with Crippen molar-refractivity contribution in [2.45, 2.75) is 58.1 Å². The van der Waals surface area contributed by atoms with Crippen LogP contribution in [0.2, 0.25) is 0 Å². The Kier molecular flexibility index (Phi) is 5.04. The number of likely N-dealkylation sites (tertiary alicyclic amines) is 1. The number of aryl methyl sites for hydroxylation is 1. The fraction of sp³-hybridized carbons (Fsp3) is 0.625. The van der Waals surface area contributed by atoms with E-state index in [-0.39, 0.29) is 11.9 Å². The Labute approximate surface area is 130 Å². The molecule has 116 valence electrons. The van der Waals surface area contributed by atoms with Crippen LogP contribution < -0.4 is 0 Å². The Bertz CT molecular complexity index is 490. The summed E-state index contributed by atoms with van der Waals surface area (Å²) in [5.41, 5.74) is -0.509. The van der Waals surface area contributed by atoms with E-state index in [1.807, 2.05) is 38.3 Å². The summed E-state index contributed by atoms with van der Waals surface area (Å²) in [4.78, 5) is 27.4. The van der Waals surface area contributed by atoms with Gasteiger partial charge in [-0.1, -0.05) is 6.07 Å². The molecule has 1 amide bonds. The maximum Gasteiger partial charge on any atom is 0.329 e. The summed E-state index contributed by atoms with van der Waals surface area (Å²) in [6.07, 6.45) is 2.78. The predicted octanol–water partition coefficient (Wildman–Crippen LogP) is 3.01. The molecule has 1 aromatic rings. The number of rotatable bonds is 4. The van der Waals surface area contributed by atoms with E-state index in [9.17, 15) is 9.59 Å². The Morgan fingerprint density at radius 1 is 1.43 bits per heavy atom. The first-order valence-corrected chi connectivity index (χ1v) is 8.29. The number of nitrogens with zero attached hydrogens (tertiary/aromatic N) is 1. The number of esters is 1. The second kappa shape index (κ2) is 6.60. The molecule has 0 spiro atoms. The smallest absolute Gasteiger partial charge is 0.329 e. The molecular weight excluding hydrogens is 286 g/mol. The van der Waals surface area contributed by atoms with Gasteiger partial charge in [-0.2, -0.15) is 0 Å². The van der Waals surface area contributed by atoms with Gasteiger partial charge in [-0.3, -0.25) is 4.79 Å². The second-order valence-corrected chi connectivity index (χ2v) is 7.39. The van der Waals surface area contributed by atoms with Gasteiger partial charge >= 0.3 is 5.97 Å². The first-order chi connectivity index (χ1) is 9.87. The van der Waals surface area contributed by atoms with E-state index < -0.39 is 11.6 Å². The number of carbonyl (C=O) groups excluding carboxylic acids is 2. The third kappa shape index (κ3) is 4.56. The lowest BCUT2D eigenvalue weighted by molar-refractivity contribution is -0.163. The van der Waals surface area contributed by atoms with Crippen molar-refractivity contribution in [2.24, 2.45) is 0 Å². The van der Waals surface area contributed by atoms with Crippen molar-refractivity contribution in [1.29, 1.82) is 0 Å². The molecule has 21 heavy (non-hydrogen) atoms. The normalized spacial score (nSPS) is 18.8. The highest BCUT2D eigenvalue weighted by atomic mass is 32.1. The quantitative estimate of drug-likeness (QED) is 0.803. The summed E-state index contributed by atoms with van der Waals surface area (Å²) in [6.45, 7) is 6.21. The van der Waals surface area contributed by atoms with E-state index in [0.717, 1.165) is 12.8 Å². The molecule has 2 rings (SSSR count). The number of thiophene rings is 1. The zero-order valence-electron chi connectivity index (χ0n) is 12.9. The molecule has 4 nitrogen and oxygen atoms in total. The minimum Gasteiger partial charge on any atom is -0.458 e. The Morgan fingerprint density at radius 3 is 2.81 bits per heavy atom. The average molecular weight is 309 g/mol. The van der Waals surface area contributed by atoms with Crippen molar-refractivity contribution < 1.29 is 14.3 Å². The van der Waals surface area contributed by atoms with Crippen LogP contribution in [-0.2, 0) is 20.7 Å². The van der Waals surface area contributed by atoms with Gasteiger partial charge in [0, 0.05) is 17.8 Å². The Hall–Kier alpha value is -1.36. The topological polar surface area (TPSA) is 46.6 Å². The predicted molar refractivity (Wildman–Crippen MR) is 83.2 cm³/mol. The van der Waals surface area contributed by atoms with E-state index in [1.165, 1.54) is 4.88 Å². The SMILES string of the molecule is CC(C)(C)OC(=O)[C@H]1CCCN1C(=O)CCc1cccs1. The van der Waals surface area contributed by atoms with E-state index in [4.69, 9.17) is 4.74 Å². The Balaban J connectivity index is 1.91. The zero-order chi connectivity index (χ0) is 15.5. The molecule has 5 heteroatoms. The Morgan fingerprint density at radius 2 is 2.19 bits per heavy atom. The molecule has 0 radical (unpaired) electrons. The molecule has 2 heterocycles. The summed E-state index contributed by atoms with van der Waals surface area (Å²) in [6, 6.07) is 3.62. The standard InChI is InChI=1S/C16H23NO3S/c1-16(2,3)20-15(19)13-7-4-10-17(13)14(18)9-8-12-6-5-11-21-12/h5-6,11,13H,4,7-10H2,1-3H3/t13-/m1/s1. The van der Waals surface area contributed by atoms with Gasteiger partial charge in [-0.15, -0.1) is 11.3 Å². The van der Waals surface area contributed by atoms with Crippen LogP contribution in [0.4, 0.5) is 0 Å². The van der Waals surface area contributed by atoms with Crippen molar-refractivity contribution in [3.8, 4) is 0 Å². The maximum atomic E-state index is 12.3. The van der Waals surface area contributed by atoms with Crippen LogP contribution in [0.15, 0.2) is 17.5 Å². The lowest BCUT2D eigenvalue weighted by Gasteiger charge is -2.27. The van der Waals surface area contributed by atoms with Crippen LogP contribution in [0.3, 0.4) is 0 Å². The third-order valence-corrected chi connectivity index (χ3v) is 4.35. The molecule has 1 atom stereocenters. The van der Waals surface area contributed by atoms with Gasteiger partial charge in [-0.05, 0) is 51.5 Å². The van der Waals surface area contributed by atoms with E-state index in [0.29, 0.717) is 19.4 Å². The van der Waals surface area contributed by atoms with Crippen molar-refractivity contribution in [3.63, 3.8) is 0 Å². The van der Waals surface area contributed by atoms with Crippen LogP contribution in [0.1, 0.15) is 44.9 Å². The maximum absolute atomic E-state index is 12.3. The number of hydrogen-bond acceptors (Lipinski definition) is 4. The van der Waals surface area contributed by atoms with Crippen molar-refractivity contribution in [2.75, 3.05) is 6.54 Å². The van der Waals surface area contributed by atoms with Gasteiger partial charge in [0.2, 0.25) is 5.91 Å². The second-order valence-electron chi connectivity index (χ2n) is 6.36. The molecule has 0 unspecified atom stereocenters. The molecule has 1 aliphatic heterocycles. The number of amides is 1. The molecule has 0 saturated carbocycles. The number of ether oxygens (including phenoxy) is 1. The van der Waals surface area contributed by atoms with Crippen LogP contribution in [0.25, 0.3) is 0 Å². The van der Waals surface area contributed by atoms with E-state index in [1.54, 1.807) is 16.2 Å². The van der Waals surface area contributed by atoms with Crippen LogP contribution in [-0.4, -0.2) is 35.0 Å². The van der Waals surface area contributed by atoms with Crippen LogP contribution >= 0.6 is 11.3 Å². The summed E-state index contributed by atoms with van der Waals surface area (Å²) < 4.78 is 5.42. The lowest BCUT2D eigenvalue weighted by atomic mass is 10.1. The highest BCUT2D eigenvalue weighted by Gasteiger charge is 2.36. The first-order valence-electron chi connectivity index (χ1n) is 7.41. The fourth-order valence-corrected chi connectivity index (χ4v) is 3.22. The molecule has 1 aromatic heterocycles. The largest absolute Gasteiger partial charge is 0.458 e. The first kappa shape index (κ1) is 16.0. The van der Waals surface area contributed by atoms with Gasteiger partial charge in [0.25, 0.3) is 0 Å². The van der Waals surface area contributed by atoms with Gasteiger partial charge in [0.05, 0.1) is 0 Å². The summed E-state index contributed by atoms with van der Waals surface area (Å²) in [5.74, 6) is -0.221. The molecule has 0 aromatic carbocycles. The molecule has 0 N–H and O–H groups in total. The zero-order valence-corrected chi connectivity index (χ0v) is 13.7. The third-order valence-electron chi connectivity index (χ3n) is 3.42. The lowest BCUT2D eigenvalue weighted by Crippen LogP contribution is -2.43. The summed E-state index contributed by atoms with van der Waals surface area (Å²) in [5, 5.41) is 2.01. The van der Waals surface area contributed by atoms with Crippen molar-refractivity contribution >= 4 is 23.2 Å². The summed E-state index contributed by atoms with van der Waals surface area (Å²) in [7, 11) is 0. The minimum atomic E-state index is -0.509. The van der Waals surface area contributed by atoms with E-state index in [2.05, 4.69) is 0 Å². The highest BCUT2D eigenvalue weighted by molar-refractivity contribution is 7.09. The van der Waals surface area contributed by atoms with Crippen LogP contribution in [0, 0.1) is 0 Å². The molecule has 0 bridgehead atoms.